The van der Waals surface area contributed by atoms with Gasteiger partial charge in [-0.1, -0.05) is 50.2 Å². The number of hydrogen-bond acceptors (Lipinski definition) is 9. The van der Waals surface area contributed by atoms with Gasteiger partial charge in [-0.05, 0) is 48.6 Å². The zero-order valence-corrected chi connectivity index (χ0v) is 24.8. The van der Waals surface area contributed by atoms with Crippen molar-refractivity contribution in [2.24, 2.45) is 5.92 Å². The second-order valence-electron chi connectivity index (χ2n) is 9.77. The van der Waals surface area contributed by atoms with Crippen LogP contribution in [0.3, 0.4) is 0 Å². The summed E-state index contributed by atoms with van der Waals surface area (Å²) >= 11 is 0. The Morgan fingerprint density at radius 2 is 1.70 bits per heavy atom. The van der Waals surface area contributed by atoms with Crippen molar-refractivity contribution in [2.75, 3.05) is 20.3 Å². The molecular weight excluding hydrogens is 558 g/mol. The molecule has 0 aliphatic heterocycles. The lowest BCUT2D eigenvalue weighted by atomic mass is 10.0. The van der Waals surface area contributed by atoms with E-state index in [1.54, 1.807) is 51.1 Å². The molecule has 0 fully saturated rings. The number of phenols is 1. The molecule has 12 nitrogen and oxygen atoms in total. The number of benzene rings is 2. The summed E-state index contributed by atoms with van der Waals surface area (Å²) in [7, 11) is 1.40. The van der Waals surface area contributed by atoms with E-state index in [4.69, 9.17) is 14.2 Å². The van der Waals surface area contributed by atoms with Crippen LogP contribution in [-0.2, 0) is 40.1 Å². The number of carbonyl (C=O) groups excluding carboxylic acids is 5. The molecule has 0 bridgehead atoms. The van der Waals surface area contributed by atoms with Gasteiger partial charge in [0.25, 0.3) is 0 Å². The van der Waals surface area contributed by atoms with E-state index in [1.807, 2.05) is 6.07 Å². The van der Waals surface area contributed by atoms with E-state index in [0.29, 0.717) is 5.56 Å². The molecule has 0 radical (unpaired) electrons. The molecule has 0 saturated carbocycles. The van der Waals surface area contributed by atoms with Crippen molar-refractivity contribution in [3.63, 3.8) is 0 Å². The summed E-state index contributed by atoms with van der Waals surface area (Å²) in [6.45, 7) is 4.81. The van der Waals surface area contributed by atoms with Gasteiger partial charge in [0.2, 0.25) is 17.7 Å². The van der Waals surface area contributed by atoms with E-state index < -0.39 is 48.3 Å². The van der Waals surface area contributed by atoms with Crippen LogP contribution in [0, 0.1) is 5.92 Å². The Morgan fingerprint density at radius 1 is 0.977 bits per heavy atom. The van der Waals surface area contributed by atoms with Gasteiger partial charge in [0, 0.05) is 12.5 Å². The quantitative estimate of drug-likeness (QED) is 0.167. The normalized spacial score (nSPS) is 12.2. The van der Waals surface area contributed by atoms with Gasteiger partial charge in [-0.15, -0.1) is 0 Å². The van der Waals surface area contributed by atoms with E-state index in [2.05, 4.69) is 16.0 Å². The lowest BCUT2D eigenvalue weighted by Gasteiger charge is -2.25. The van der Waals surface area contributed by atoms with Crippen molar-refractivity contribution in [3.05, 3.63) is 65.7 Å². The number of hydrogen-bond donors (Lipinski definition) is 4. The molecular formula is C31H39N3O9. The highest BCUT2D eigenvalue weighted by Gasteiger charge is 2.30. The molecule has 2 aromatic rings. The van der Waals surface area contributed by atoms with Crippen LogP contribution in [0.15, 0.2) is 54.6 Å². The fraction of sp³-hybridized carbons (Fsp3) is 0.387. The molecule has 0 heterocycles. The minimum absolute atomic E-state index is 0.0236. The predicted octanol–water partition coefficient (Wildman–Crippen LogP) is 2.24. The van der Waals surface area contributed by atoms with Crippen LogP contribution in [0.2, 0.25) is 0 Å². The SMILES string of the molecule is CCOC(=O)CC[C@@H](NC(=O)[C@@H](NC(=O)CNC(=O)/C=C/c1ccc(O)c(OC)c1)C(C)C)C(=O)OCc1ccccc1. The molecule has 12 heteroatoms. The molecule has 0 saturated heterocycles. The topological polar surface area (TPSA) is 169 Å². The van der Waals surface area contributed by atoms with Crippen molar-refractivity contribution in [1.82, 2.24) is 16.0 Å². The van der Waals surface area contributed by atoms with Crippen LogP contribution in [0.5, 0.6) is 11.5 Å². The van der Waals surface area contributed by atoms with Crippen LogP contribution in [-0.4, -0.2) is 67.1 Å². The first-order valence-corrected chi connectivity index (χ1v) is 13.8. The second-order valence-corrected chi connectivity index (χ2v) is 9.77. The third-order valence-corrected chi connectivity index (χ3v) is 6.09. The Kier molecular flexibility index (Phi) is 14.2. The van der Waals surface area contributed by atoms with Gasteiger partial charge in [-0.2, -0.15) is 0 Å². The Balaban J connectivity index is 1.98. The third kappa shape index (κ3) is 12.3. The number of amides is 3. The fourth-order valence-electron chi connectivity index (χ4n) is 3.79. The van der Waals surface area contributed by atoms with Gasteiger partial charge in [0.1, 0.15) is 18.7 Å². The predicted molar refractivity (Wildman–Crippen MR) is 158 cm³/mol. The van der Waals surface area contributed by atoms with Gasteiger partial charge in [0.15, 0.2) is 11.5 Å². The Labute approximate surface area is 250 Å². The largest absolute Gasteiger partial charge is 0.504 e. The first kappa shape index (κ1) is 34.3. The minimum atomic E-state index is -1.16. The molecule has 0 aromatic heterocycles. The summed E-state index contributed by atoms with van der Waals surface area (Å²) in [5.41, 5.74) is 1.34. The molecule has 43 heavy (non-hydrogen) atoms. The summed E-state index contributed by atoms with van der Waals surface area (Å²) in [5, 5.41) is 17.3. The Morgan fingerprint density at radius 3 is 2.35 bits per heavy atom. The van der Waals surface area contributed by atoms with Gasteiger partial charge < -0.3 is 35.3 Å². The van der Waals surface area contributed by atoms with E-state index in [1.165, 1.54) is 31.4 Å². The molecule has 4 N–H and O–H groups in total. The number of aromatic hydroxyl groups is 1. The summed E-state index contributed by atoms with van der Waals surface area (Å²) in [4.78, 5) is 62.8. The molecule has 3 amide bonds. The zero-order valence-electron chi connectivity index (χ0n) is 24.8. The van der Waals surface area contributed by atoms with Crippen LogP contribution in [0.25, 0.3) is 6.08 Å². The third-order valence-electron chi connectivity index (χ3n) is 6.09. The number of phenolic OH excluding ortho intramolecular Hbond substituents is 1. The highest BCUT2D eigenvalue weighted by Crippen LogP contribution is 2.26. The number of ether oxygens (including phenoxy) is 3. The van der Waals surface area contributed by atoms with Crippen molar-refractivity contribution in [1.29, 1.82) is 0 Å². The van der Waals surface area contributed by atoms with E-state index in [0.717, 1.165) is 5.56 Å². The van der Waals surface area contributed by atoms with Gasteiger partial charge >= 0.3 is 11.9 Å². The average Bonchev–Trinajstić information content (AvgIpc) is 2.99. The Bertz CT molecular complexity index is 1280. The molecule has 2 atom stereocenters. The van der Waals surface area contributed by atoms with Crippen LogP contribution < -0.4 is 20.7 Å². The molecule has 0 spiro atoms. The molecule has 0 aliphatic carbocycles. The monoisotopic (exact) mass is 597 g/mol. The molecule has 0 aliphatic rings. The van der Waals surface area contributed by atoms with Crippen molar-refractivity contribution in [2.45, 2.75) is 52.3 Å². The van der Waals surface area contributed by atoms with Gasteiger partial charge in [-0.25, -0.2) is 4.79 Å². The minimum Gasteiger partial charge on any atom is -0.504 e. The maximum atomic E-state index is 13.2. The maximum Gasteiger partial charge on any atom is 0.328 e. The summed E-state index contributed by atoms with van der Waals surface area (Å²) in [6, 6.07) is 11.3. The van der Waals surface area contributed by atoms with Crippen molar-refractivity contribution in [3.8, 4) is 11.5 Å². The van der Waals surface area contributed by atoms with Gasteiger partial charge in [0.05, 0.1) is 20.3 Å². The number of rotatable bonds is 16. The first-order chi connectivity index (χ1) is 20.5. The summed E-state index contributed by atoms with van der Waals surface area (Å²) in [6.07, 6.45) is 2.49. The smallest absolute Gasteiger partial charge is 0.328 e. The fourth-order valence-corrected chi connectivity index (χ4v) is 3.79. The van der Waals surface area contributed by atoms with Crippen LogP contribution >= 0.6 is 0 Å². The highest BCUT2D eigenvalue weighted by molar-refractivity contribution is 5.96. The summed E-state index contributed by atoms with van der Waals surface area (Å²) < 4.78 is 15.3. The molecule has 2 rings (SSSR count). The van der Waals surface area contributed by atoms with Gasteiger partial charge in [-0.3, -0.25) is 19.2 Å². The molecule has 232 valence electrons. The second kappa shape index (κ2) is 17.8. The number of esters is 2. The van der Waals surface area contributed by atoms with E-state index in [-0.39, 0.29) is 43.5 Å². The lowest BCUT2D eigenvalue weighted by molar-refractivity contribution is -0.150. The number of methoxy groups -OCH3 is 1. The molecule has 2 aromatic carbocycles. The number of carbonyl (C=O) groups is 5. The Hall–Kier alpha value is -4.87. The van der Waals surface area contributed by atoms with E-state index >= 15 is 0 Å². The zero-order chi connectivity index (χ0) is 31.8. The highest BCUT2D eigenvalue weighted by atomic mass is 16.5. The first-order valence-electron chi connectivity index (χ1n) is 13.8. The summed E-state index contributed by atoms with van der Waals surface area (Å²) in [5.74, 6) is -3.28. The average molecular weight is 598 g/mol. The van der Waals surface area contributed by atoms with E-state index in [9.17, 15) is 29.1 Å². The molecule has 0 unspecified atom stereocenters. The standard InChI is InChI=1S/C31H39N3O9/c1-5-42-28(38)16-13-23(31(40)43-19-22-9-7-6-8-10-22)33-30(39)29(20(2)3)34-27(37)18-32-26(36)15-12-21-11-14-24(35)25(17-21)41-4/h6-12,14-15,17,20,23,29,35H,5,13,16,18-19H2,1-4H3,(H,32,36)(H,33,39)(H,34,37)/b15-12+/t23-,29+/m1/s1. The lowest BCUT2D eigenvalue weighted by Crippen LogP contribution is -2.55. The maximum absolute atomic E-state index is 13.2. The van der Waals surface area contributed by atoms with Crippen molar-refractivity contribution >= 4 is 35.7 Å². The van der Waals surface area contributed by atoms with Crippen molar-refractivity contribution < 1.29 is 43.3 Å². The number of nitrogens with one attached hydrogen (secondary N) is 3. The van der Waals surface area contributed by atoms with Crippen LogP contribution in [0.1, 0.15) is 44.7 Å². The van der Waals surface area contributed by atoms with Crippen LogP contribution in [0.4, 0.5) is 0 Å².